The van der Waals surface area contributed by atoms with Crippen LogP contribution in [0.4, 0.5) is 0 Å². The van der Waals surface area contributed by atoms with Gasteiger partial charge in [-0.05, 0) is 29.1 Å². The van der Waals surface area contributed by atoms with Crippen LogP contribution in [0.3, 0.4) is 0 Å². The topological polar surface area (TPSA) is 26.3 Å². The molecule has 0 unspecified atom stereocenters. The normalized spacial score (nSPS) is 10.3. The number of benzene rings is 3. The van der Waals surface area contributed by atoms with Crippen LogP contribution in [0.5, 0.6) is 5.75 Å². The average molecular weight is 274 g/mol. The summed E-state index contributed by atoms with van der Waals surface area (Å²) in [6.45, 7) is 3.69. The summed E-state index contributed by atoms with van der Waals surface area (Å²) in [5.74, 6) is 0.216. The lowest BCUT2D eigenvalue weighted by Gasteiger charge is -2.08. The molecule has 21 heavy (non-hydrogen) atoms. The molecule has 2 nitrogen and oxygen atoms in total. The van der Waals surface area contributed by atoms with E-state index in [-0.39, 0.29) is 5.97 Å². The van der Waals surface area contributed by atoms with Gasteiger partial charge in [0.15, 0.2) is 0 Å². The second kappa shape index (κ2) is 5.63. The van der Waals surface area contributed by atoms with Crippen molar-refractivity contribution < 1.29 is 9.53 Å². The molecule has 0 amide bonds. The van der Waals surface area contributed by atoms with Crippen LogP contribution in [0.2, 0.25) is 0 Å². The van der Waals surface area contributed by atoms with E-state index < -0.39 is 0 Å². The number of carbonyl (C=O) groups is 1. The average Bonchev–Trinajstić information content (AvgIpc) is 2.55. The van der Waals surface area contributed by atoms with E-state index in [1.165, 1.54) is 0 Å². The Morgan fingerprint density at radius 2 is 1.62 bits per heavy atom. The molecule has 3 aromatic carbocycles. The first-order valence-corrected chi connectivity index (χ1v) is 6.70. The van der Waals surface area contributed by atoms with Crippen molar-refractivity contribution in [2.45, 2.75) is 0 Å². The van der Waals surface area contributed by atoms with E-state index in [0.29, 0.717) is 11.3 Å². The van der Waals surface area contributed by atoms with Crippen molar-refractivity contribution in [2.75, 3.05) is 0 Å². The van der Waals surface area contributed by atoms with Crippen molar-refractivity contribution in [3.05, 3.63) is 84.4 Å². The summed E-state index contributed by atoms with van der Waals surface area (Å²) in [6, 6.07) is 20.7. The summed E-state index contributed by atoms with van der Waals surface area (Å²) in [5, 5.41) is 1.97. The Bertz CT molecular complexity index is 796. The lowest BCUT2D eigenvalue weighted by Crippen LogP contribution is -2.08. The molecule has 0 aliphatic carbocycles. The SMILES string of the molecule is C=Cc1ccc(C(=O)Oc2cccc3ccccc23)cc1. The molecule has 0 spiro atoms. The fraction of sp³-hybridized carbons (Fsp3) is 0. The van der Waals surface area contributed by atoms with Crippen LogP contribution in [0.25, 0.3) is 16.8 Å². The summed E-state index contributed by atoms with van der Waals surface area (Å²) < 4.78 is 5.52. The predicted molar refractivity (Wildman–Crippen MR) is 85.4 cm³/mol. The number of ether oxygens (including phenoxy) is 1. The largest absolute Gasteiger partial charge is 0.422 e. The molecule has 0 bridgehead atoms. The number of hydrogen-bond donors (Lipinski definition) is 0. The van der Waals surface area contributed by atoms with Crippen molar-refractivity contribution in [2.24, 2.45) is 0 Å². The fourth-order valence-electron chi connectivity index (χ4n) is 2.20. The highest BCUT2D eigenvalue weighted by molar-refractivity contribution is 5.95. The van der Waals surface area contributed by atoms with Crippen molar-refractivity contribution >= 4 is 22.8 Å². The fourth-order valence-corrected chi connectivity index (χ4v) is 2.20. The molecule has 3 aromatic rings. The van der Waals surface area contributed by atoms with Gasteiger partial charge in [0, 0.05) is 5.39 Å². The first kappa shape index (κ1) is 13.1. The Morgan fingerprint density at radius 1 is 0.905 bits per heavy atom. The first-order chi connectivity index (χ1) is 10.3. The highest BCUT2D eigenvalue weighted by Gasteiger charge is 2.10. The summed E-state index contributed by atoms with van der Waals surface area (Å²) in [7, 11) is 0. The van der Waals surface area contributed by atoms with Crippen LogP contribution >= 0.6 is 0 Å². The van der Waals surface area contributed by atoms with Gasteiger partial charge in [0.2, 0.25) is 0 Å². The lowest BCUT2D eigenvalue weighted by molar-refractivity contribution is 0.0737. The summed E-state index contributed by atoms with van der Waals surface area (Å²) in [5.41, 5.74) is 1.49. The number of rotatable bonds is 3. The monoisotopic (exact) mass is 274 g/mol. The first-order valence-electron chi connectivity index (χ1n) is 6.70. The van der Waals surface area contributed by atoms with E-state index in [0.717, 1.165) is 16.3 Å². The van der Waals surface area contributed by atoms with Gasteiger partial charge in [0.05, 0.1) is 5.56 Å². The number of carbonyl (C=O) groups excluding carboxylic acids is 1. The molecule has 2 heteroatoms. The lowest BCUT2D eigenvalue weighted by atomic mass is 10.1. The maximum Gasteiger partial charge on any atom is 0.343 e. The molecule has 0 N–H and O–H groups in total. The molecule has 0 radical (unpaired) electrons. The van der Waals surface area contributed by atoms with Crippen molar-refractivity contribution in [3.63, 3.8) is 0 Å². The molecule has 0 aromatic heterocycles. The quantitative estimate of drug-likeness (QED) is 0.511. The molecule has 0 heterocycles. The van der Waals surface area contributed by atoms with Gasteiger partial charge in [-0.25, -0.2) is 4.79 Å². The van der Waals surface area contributed by atoms with Gasteiger partial charge in [-0.1, -0.05) is 61.2 Å². The zero-order valence-corrected chi connectivity index (χ0v) is 11.5. The van der Waals surface area contributed by atoms with Gasteiger partial charge in [-0.3, -0.25) is 0 Å². The van der Waals surface area contributed by atoms with Crippen molar-refractivity contribution in [1.82, 2.24) is 0 Å². The van der Waals surface area contributed by atoms with Crippen LogP contribution < -0.4 is 4.74 Å². The number of hydrogen-bond acceptors (Lipinski definition) is 2. The highest BCUT2D eigenvalue weighted by Crippen LogP contribution is 2.25. The number of fused-ring (bicyclic) bond motifs is 1. The van der Waals surface area contributed by atoms with Crippen LogP contribution in [-0.4, -0.2) is 5.97 Å². The van der Waals surface area contributed by atoms with Gasteiger partial charge < -0.3 is 4.74 Å². The van der Waals surface area contributed by atoms with E-state index in [1.807, 2.05) is 48.5 Å². The smallest absolute Gasteiger partial charge is 0.343 e. The Balaban J connectivity index is 1.90. The third kappa shape index (κ3) is 2.70. The van der Waals surface area contributed by atoms with Crippen LogP contribution in [0, 0.1) is 0 Å². The minimum Gasteiger partial charge on any atom is -0.422 e. The molecule has 0 aliphatic rings. The standard InChI is InChI=1S/C19H14O2/c1-2-14-10-12-16(13-11-14)19(20)21-18-9-5-7-15-6-3-4-8-17(15)18/h2-13H,1H2. The third-order valence-electron chi connectivity index (χ3n) is 3.33. The maximum atomic E-state index is 12.2. The molecule has 0 saturated heterocycles. The molecular formula is C19H14O2. The second-order valence-electron chi connectivity index (χ2n) is 4.69. The minimum atomic E-state index is -0.359. The molecule has 3 rings (SSSR count). The van der Waals surface area contributed by atoms with Crippen LogP contribution in [-0.2, 0) is 0 Å². The summed E-state index contributed by atoms with van der Waals surface area (Å²) >= 11 is 0. The Hall–Kier alpha value is -2.87. The van der Waals surface area contributed by atoms with E-state index in [4.69, 9.17) is 4.74 Å². The Morgan fingerprint density at radius 3 is 2.38 bits per heavy atom. The van der Waals surface area contributed by atoms with Crippen LogP contribution in [0.1, 0.15) is 15.9 Å². The predicted octanol–water partition coefficient (Wildman–Crippen LogP) is 4.70. The maximum absolute atomic E-state index is 12.2. The summed E-state index contributed by atoms with van der Waals surface area (Å²) in [6.07, 6.45) is 1.74. The molecule has 102 valence electrons. The van der Waals surface area contributed by atoms with E-state index in [1.54, 1.807) is 24.3 Å². The van der Waals surface area contributed by atoms with E-state index in [9.17, 15) is 4.79 Å². The minimum absolute atomic E-state index is 0.359. The zero-order valence-electron chi connectivity index (χ0n) is 11.5. The molecular weight excluding hydrogens is 260 g/mol. The van der Waals surface area contributed by atoms with Crippen LogP contribution in [0.15, 0.2) is 73.3 Å². The van der Waals surface area contributed by atoms with Gasteiger partial charge in [-0.15, -0.1) is 0 Å². The third-order valence-corrected chi connectivity index (χ3v) is 3.33. The molecule has 0 fully saturated rings. The van der Waals surface area contributed by atoms with Gasteiger partial charge in [0.25, 0.3) is 0 Å². The highest BCUT2D eigenvalue weighted by atomic mass is 16.5. The van der Waals surface area contributed by atoms with Gasteiger partial charge in [-0.2, -0.15) is 0 Å². The molecule has 0 atom stereocenters. The Kier molecular flexibility index (Phi) is 3.52. The van der Waals surface area contributed by atoms with E-state index in [2.05, 4.69) is 6.58 Å². The second-order valence-corrected chi connectivity index (χ2v) is 4.69. The molecule has 0 aliphatic heterocycles. The zero-order chi connectivity index (χ0) is 14.7. The van der Waals surface area contributed by atoms with Gasteiger partial charge in [0.1, 0.15) is 5.75 Å². The van der Waals surface area contributed by atoms with Crippen molar-refractivity contribution in [3.8, 4) is 5.75 Å². The van der Waals surface area contributed by atoms with Crippen molar-refractivity contribution in [1.29, 1.82) is 0 Å². The van der Waals surface area contributed by atoms with E-state index >= 15 is 0 Å². The summed E-state index contributed by atoms with van der Waals surface area (Å²) in [4.78, 5) is 12.2. The Labute approximate surface area is 123 Å². The number of esters is 1. The van der Waals surface area contributed by atoms with Gasteiger partial charge >= 0.3 is 5.97 Å². The molecule has 0 saturated carbocycles.